The van der Waals surface area contributed by atoms with Crippen molar-refractivity contribution in [3.05, 3.63) is 119 Å². The molecule has 4 aromatic carbocycles. The Morgan fingerprint density at radius 1 is 0.578 bits per heavy atom. The highest BCUT2D eigenvalue weighted by molar-refractivity contribution is 5.97. The quantitative estimate of drug-likeness (QED) is 0.0967. The van der Waals surface area contributed by atoms with Gasteiger partial charge in [-0.25, -0.2) is 10.9 Å². The van der Waals surface area contributed by atoms with Gasteiger partial charge in [-0.15, -0.1) is 0 Å². The van der Waals surface area contributed by atoms with E-state index >= 15 is 0 Å². The van der Waals surface area contributed by atoms with Crippen LogP contribution in [0.3, 0.4) is 0 Å². The zero-order chi connectivity index (χ0) is 31.7. The van der Waals surface area contributed by atoms with Gasteiger partial charge in [0.2, 0.25) is 11.8 Å². The molecule has 0 aliphatic heterocycles. The van der Waals surface area contributed by atoms with E-state index in [9.17, 15) is 9.59 Å². The fraction of sp³-hybridized carbons (Fsp3) is 0.200. The first-order chi connectivity index (χ1) is 22.0. The van der Waals surface area contributed by atoms with Crippen molar-refractivity contribution < 1.29 is 28.5 Å². The third-order valence-corrected chi connectivity index (χ3v) is 6.14. The zero-order valence-corrected chi connectivity index (χ0v) is 25.3. The van der Waals surface area contributed by atoms with Gasteiger partial charge in [-0.2, -0.15) is 10.2 Å². The number of carbonyl (C=O) groups excluding carboxylic acids is 2. The summed E-state index contributed by atoms with van der Waals surface area (Å²) in [6.07, 6.45) is 2.46. The molecule has 4 aromatic rings. The van der Waals surface area contributed by atoms with Gasteiger partial charge in [-0.05, 0) is 72.5 Å². The molecule has 0 radical (unpaired) electrons. The minimum absolute atomic E-state index is 0.404. The number of benzene rings is 4. The highest BCUT2D eigenvalue weighted by Gasteiger charge is 2.10. The number of nitrogens with zero attached hydrogens (tertiary/aromatic N) is 2. The van der Waals surface area contributed by atoms with Crippen molar-refractivity contribution >= 4 is 24.2 Å². The highest BCUT2D eigenvalue weighted by Crippen LogP contribution is 2.30. The third kappa shape index (κ3) is 10.9. The van der Waals surface area contributed by atoms with Crippen LogP contribution in [0.5, 0.6) is 23.0 Å². The maximum atomic E-state index is 12.2. The van der Waals surface area contributed by atoms with Gasteiger partial charge in [0.15, 0.2) is 23.0 Å². The number of rotatable bonds is 16. The van der Waals surface area contributed by atoms with Crippen molar-refractivity contribution in [1.82, 2.24) is 10.9 Å². The van der Waals surface area contributed by atoms with E-state index in [0.717, 1.165) is 11.1 Å². The molecule has 0 bridgehead atoms. The molecule has 0 unspecified atom stereocenters. The standard InChI is InChI=1S/C35H36N4O6/c1-3-42-32-19-28(15-17-30(32)44-24-26-11-7-5-8-12-26)22-36-38-34(40)21-35(41)39-37-23-29-16-18-31(33(20-29)43-4-2)45-25-27-13-9-6-10-14-27/h5-20,22-23H,3-4,21,24-25H2,1-2H3,(H,38,40)(H,39,41)/b36-22-,37-23-. The van der Waals surface area contributed by atoms with E-state index in [1.807, 2.05) is 74.5 Å². The number of hydrogen-bond acceptors (Lipinski definition) is 8. The first-order valence-corrected chi connectivity index (χ1v) is 14.5. The molecule has 0 spiro atoms. The molecule has 0 atom stereocenters. The van der Waals surface area contributed by atoms with Gasteiger partial charge in [0.25, 0.3) is 0 Å². The van der Waals surface area contributed by atoms with E-state index in [4.69, 9.17) is 18.9 Å². The van der Waals surface area contributed by atoms with Crippen molar-refractivity contribution in [2.45, 2.75) is 33.5 Å². The third-order valence-electron chi connectivity index (χ3n) is 6.14. The molecule has 10 nitrogen and oxygen atoms in total. The van der Waals surface area contributed by atoms with Gasteiger partial charge in [0.1, 0.15) is 19.6 Å². The van der Waals surface area contributed by atoms with E-state index < -0.39 is 18.2 Å². The molecule has 0 aliphatic carbocycles. The van der Waals surface area contributed by atoms with E-state index in [1.54, 1.807) is 36.4 Å². The average molecular weight is 609 g/mol. The van der Waals surface area contributed by atoms with Crippen molar-refractivity contribution in [1.29, 1.82) is 0 Å². The second-order valence-electron chi connectivity index (χ2n) is 9.59. The molecule has 0 aromatic heterocycles. The number of hydrogen-bond donors (Lipinski definition) is 2. The summed E-state index contributed by atoms with van der Waals surface area (Å²) in [6.45, 7) is 5.49. The van der Waals surface area contributed by atoms with Crippen LogP contribution in [0.15, 0.2) is 107 Å². The summed E-state index contributed by atoms with van der Waals surface area (Å²) in [6, 6.07) is 30.3. The normalized spacial score (nSPS) is 10.9. The molecule has 2 amide bonds. The fourth-order valence-electron chi connectivity index (χ4n) is 4.04. The largest absolute Gasteiger partial charge is 0.490 e. The molecule has 4 rings (SSSR count). The van der Waals surface area contributed by atoms with Gasteiger partial charge in [-0.3, -0.25) is 9.59 Å². The van der Waals surface area contributed by atoms with Crippen LogP contribution in [0.4, 0.5) is 0 Å². The topological polar surface area (TPSA) is 120 Å². The molecule has 0 fully saturated rings. The minimum atomic E-state index is -0.592. The van der Waals surface area contributed by atoms with Crippen LogP contribution in [0.1, 0.15) is 42.5 Å². The Balaban J connectivity index is 1.24. The Bertz CT molecular complexity index is 1470. The van der Waals surface area contributed by atoms with Crippen LogP contribution in [0.2, 0.25) is 0 Å². The Morgan fingerprint density at radius 2 is 1.00 bits per heavy atom. The van der Waals surface area contributed by atoms with Gasteiger partial charge in [-0.1, -0.05) is 60.7 Å². The first kappa shape index (κ1) is 32.3. The Labute approximate surface area is 262 Å². The Kier molecular flexibility index (Phi) is 12.5. The lowest BCUT2D eigenvalue weighted by atomic mass is 10.2. The van der Waals surface area contributed by atoms with Crippen molar-refractivity contribution in [2.75, 3.05) is 13.2 Å². The molecule has 10 heteroatoms. The van der Waals surface area contributed by atoms with Crippen molar-refractivity contribution in [3.8, 4) is 23.0 Å². The number of nitrogens with one attached hydrogen (secondary N) is 2. The summed E-state index contributed by atoms with van der Waals surface area (Å²) in [7, 11) is 0. The molecule has 0 heterocycles. The average Bonchev–Trinajstić information content (AvgIpc) is 3.05. The van der Waals surface area contributed by atoms with Crippen LogP contribution in [0.25, 0.3) is 0 Å². The van der Waals surface area contributed by atoms with Crippen LogP contribution in [0, 0.1) is 0 Å². The second-order valence-corrected chi connectivity index (χ2v) is 9.59. The van der Waals surface area contributed by atoms with Crippen molar-refractivity contribution in [2.24, 2.45) is 10.2 Å². The van der Waals surface area contributed by atoms with E-state index in [-0.39, 0.29) is 0 Å². The molecule has 0 saturated carbocycles. The molecule has 2 N–H and O–H groups in total. The summed E-state index contributed by atoms with van der Waals surface area (Å²) in [4.78, 5) is 24.5. The fourth-order valence-corrected chi connectivity index (χ4v) is 4.04. The van der Waals surface area contributed by atoms with Gasteiger partial charge < -0.3 is 18.9 Å². The van der Waals surface area contributed by atoms with Crippen LogP contribution in [-0.4, -0.2) is 37.5 Å². The number of amides is 2. The maximum absolute atomic E-state index is 12.2. The lowest BCUT2D eigenvalue weighted by Gasteiger charge is -2.12. The Morgan fingerprint density at radius 3 is 1.40 bits per heavy atom. The molecule has 232 valence electrons. The summed E-state index contributed by atoms with van der Waals surface area (Å²) in [5, 5.41) is 7.90. The second kappa shape index (κ2) is 17.5. The lowest BCUT2D eigenvalue weighted by Crippen LogP contribution is -2.27. The first-order valence-electron chi connectivity index (χ1n) is 14.5. The smallest absolute Gasteiger partial charge is 0.249 e. The maximum Gasteiger partial charge on any atom is 0.249 e. The van der Waals surface area contributed by atoms with Crippen molar-refractivity contribution in [3.63, 3.8) is 0 Å². The van der Waals surface area contributed by atoms with Gasteiger partial charge >= 0.3 is 0 Å². The summed E-state index contributed by atoms with van der Waals surface area (Å²) in [5.74, 6) is 1.13. The number of ether oxygens (including phenoxy) is 4. The molecule has 0 aliphatic rings. The molecular formula is C35H36N4O6. The van der Waals surface area contributed by atoms with Gasteiger partial charge in [0, 0.05) is 0 Å². The molecule has 0 saturated heterocycles. The molecular weight excluding hydrogens is 572 g/mol. The van der Waals surface area contributed by atoms with Gasteiger partial charge in [0.05, 0.1) is 25.6 Å². The van der Waals surface area contributed by atoms with E-state index in [1.165, 1.54) is 12.4 Å². The summed E-state index contributed by atoms with van der Waals surface area (Å²) in [5.41, 5.74) is 8.14. The predicted molar refractivity (Wildman–Crippen MR) is 173 cm³/mol. The summed E-state index contributed by atoms with van der Waals surface area (Å²) >= 11 is 0. The molecule has 45 heavy (non-hydrogen) atoms. The highest BCUT2D eigenvalue weighted by atomic mass is 16.5. The Hall–Kier alpha value is -5.64. The minimum Gasteiger partial charge on any atom is -0.490 e. The van der Waals surface area contributed by atoms with E-state index in [0.29, 0.717) is 60.6 Å². The van der Waals surface area contributed by atoms with Crippen LogP contribution in [-0.2, 0) is 22.8 Å². The SMILES string of the molecule is CCOc1cc(/C=N\NC(=O)CC(=O)N/N=C\c2ccc(OCc3ccccc3)c(OCC)c2)ccc1OCc1ccccc1. The number of carbonyl (C=O) groups is 2. The lowest BCUT2D eigenvalue weighted by molar-refractivity contribution is -0.129. The van der Waals surface area contributed by atoms with Crippen LogP contribution >= 0.6 is 0 Å². The monoisotopic (exact) mass is 608 g/mol. The summed E-state index contributed by atoms with van der Waals surface area (Å²) < 4.78 is 23.3. The predicted octanol–water partition coefficient (Wildman–Crippen LogP) is 5.63. The van der Waals surface area contributed by atoms with Crippen LogP contribution < -0.4 is 29.8 Å². The number of hydrazone groups is 2. The van der Waals surface area contributed by atoms with E-state index in [2.05, 4.69) is 21.1 Å². The zero-order valence-electron chi connectivity index (χ0n) is 25.3.